The lowest BCUT2D eigenvalue weighted by Crippen LogP contribution is -2.37. The van der Waals surface area contributed by atoms with Crippen molar-refractivity contribution in [2.24, 2.45) is 0 Å². The van der Waals surface area contributed by atoms with Crippen LogP contribution >= 0.6 is 7.82 Å². The Morgan fingerprint density at radius 2 is 0.794 bits per heavy atom. The summed E-state index contributed by atoms with van der Waals surface area (Å²) in [5, 5.41) is 0. The van der Waals surface area contributed by atoms with E-state index in [-0.39, 0.29) is 26.1 Å². The fraction of sp³-hybridized carbons (Fsp3) is 0.621. The van der Waals surface area contributed by atoms with Gasteiger partial charge in [-0.25, -0.2) is 0 Å². The van der Waals surface area contributed by atoms with E-state index in [9.17, 15) is 19.0 Å². The molecule has 10 heteroatoms. The summed E-state index contributed by atoms with van der Waals surface area (Å²) in [5.41, 5.74) is 0. The average Bonchev–Trinajstić information content (AvgIpc) is 3.30. The number of phosphoric acid groups is 1. The fourth-order valence-electron chi connectivity index (χ4n) is 6.47. The standard InChI is InChI=1S/C58H96NO8P/c1-6-8-10-12-14-16-18-20-21-22-23-24-25-26-27-28-29-30-31-32-33-34-35-36-37-39-41-43-45-47-49-51-58(61)67-56(55-66-68(62,63)65-53-52-59(3,4)5)54-64-57(60)50-48-46-44-42-40-38-19-17-15-13-11-9-7-2/h8-11,14-17,20-21,23-24,26-27,29-30,32-33,38,40,56H,6-7,12-13,18-19,22,25,28,31,34-37,39,41-55H2,1-5H3/b10-8-,11-9-,16-14-,17-15-,21-20-,24-23-,27-26-,30-29-,33-32-,40-38-. The van der Waals surface area contributed by atoms with Gasteiger partial charge in [-0.3, -0.25) is 14.2 Å². The molecule has 386 valence electrons. The maximum absolute atomic E-state index is 12.7. The first-order valence-corrected chi connectivity index (χ1v) is 27.7. The number of carbonyl (C=O) groups excluding carboxylic acids is 2. The number of ether oxygens (including phenoxy) is 2. The van der Waals surface area contributed by atoms with Crippen LogP contribution in [0, 0.1) is 0 Å². The fourth-order valence-corrected chi connectivity index (χ4v) is 7.20. The van der Waals surface area contributed by atoms with E-state index in [2.05, 4.69) is 135 Å². The molecule has 0 fully saturated rings. The van der Waals surface area contributed by atoms with E-state index in [1.165, 1.54) is 32.1 Å². The zero-order valence-corrected chi connectivity index (χ0v) is 44.4. The molecule has 0 rings (SSSR count). The third-order valence-corrected chi connectivity index (χ3v) is 11.4. The zero-order chi connectivity index (χ0) is 49.9. The summed E-state index contributed by atoms with van der Waals surface area (Å²) in [6, 6.07) is 0. The lowest BCUT2D eigenvalue weighted by molar-refractivity contribution is -0.870. The molecule has 2 unspecified atom stereocenters. The number of hydrogen-bond donors (Lipinski definition) is 0. The first-order valence-electron chi connectivity index (χ1n) is 26.2. The smallest absolute Gasteiger partial charge is 0.306 e. The Bertz CT molecular complexity index is 1560. The molecule has 0 aliphatic heterocycles. The van der Waals surface area contributed by atoms with Gasteiger partial charge in [0.1, 0.15) is 19.8 Å². The Labute approximate surface area is 416 Å². The molecule has 0 aromatic heterocycles. The van der Waals surface area contributed by atoms with Crippen molar-refractivity contribution < 1.29 is 42.1 Å². The highest BCUT2D eigenvalue weighted by Crippen LogP contribution is 2.38. The van der Waals surface area contributed by atoms with Crippen LogP contribution in [0.3, 0.4) is 0 Å². The quantitative estimate of drug-likeness (QED) is 0.0195. The number of rotatable bonds is 46. The van der Waals surface area contributed by atoms with Gasteiger partial charge < -0.3 is 27.9 Å². The normalized spacial score (nSPS) is 14.4. The van der Waals surface area contributed by atoms with Crippen LogP contribution in [0.4, 0.5) is 0 Å². The Morgan fingerprint density at radius 1 is 0.456 bits per heavy atom. The number of unbranched alkanes of at least 4 members (excludes halogenated alkanes) is 12. The zero-order valence-electron chi connectivity index (χ0n) is 43.5. The summed E-state index contributed by atoms with van der Waals surface area (Å²) in [4.78, 5) is 37.7. The first kappa shape index (κ1) is 64.4. The number of esters is 2. The molecular formula is C58H96NO8P. The highest BCUT2D eigenvalue weighted by atomic mass is 31.2. The molecule has 0 spiro atoms. The minimum Gasteiger partial charge on any atom is -0.756 e. The molecular weight excluding hydrogens is 870 g/mol. The largest absolute Gasteiger partial charge is 0.756 e. The van der Waals surface area contributed by atoms with E-state index >= 15 is 0 Å². The van der Waals surface area contributed by atoms with Gasteiger partial charge in [-0.1, -0.05) is 187 Å². The molecule has 9 nitrogen and oxygen atoms in total. The summed E-state index contributed by atoms with van der Waals surface area (Å²) >= 11 is 0. The second-order valence-electron chi connectivity index (χ2n) is 18.1. The van der Waals surface area contributed by atoms with Crippen LogP contribution in [0.1, 0.15) is 181 Å². The number of allylic oxidation sites excluding steroid dienone is 20. The van der Waals surface area contributed by atoms with Gasteiger partial charge in [0.25, 0.3) is 7.82 Å². The minimum atomic E-state index is -4.65. The second-order valence-corrected chi connectivity index (χ2v) is 19.5. The minimum absolute atomic E-state index is 0.0437. The number of carbonyl (C=O) groups is 2. The Hall–Kier alpha value is -3.59. The van der Waals surface area contributed by atoms with Crippen molar-refractivity contribution in [2.75, 3.05) is 47.5 Å². The predicted octanol–water partition coefficient (Wildman–Crippen LogP) is 15.4. The predicted molar refractivity (Wildman–Crippen MR) is 286 cm³/mol. The summed E-state index contributed by atoms with van der Waals surface area (Å²) in [5.74, 6) is -0.887. The molecule has 0 heterocycles. The maximum Gasteiger partial charge on any atom is 0.306 e. The molecule has 0 bridgehead atoms. The summed E-state index contributed by atoms with van der Waals surface area (Å²) in [6.07, 6.45) is 68.2. The molecule has 0 saturated heterocycles. The van der Waals surface area contributed by atoms with Crippen LogP contribution < -0.4 is 4.89 Å². The van der Waals surface area contributed by atoms with E-state index in [4.69, 9.17) is 18.5 Å². The van der Waals surface area contributed by atoms with Crippen LogP contribution in [0.15, 0.2) is 122 Å². The molecule has 0 N–H and O–H groups in total. The van der Waals surface area contributed by atoms with Gasteiger partial charge in [-0.15, -0.1) is 0 Å². The molecule has 0 aliphatic rings. The van der Waals surface area contributed by atoms with E-state index in [1.54, 1.807) is 0 Å². The maximum atomic E-state index is 12.7. The van der Waals surface area contributed by atoms with Crippen LogP contribution in [-0.4, -0.2) is 70.0 Å². The van der Waals surface area contributed by atoms with Gasteiger partial charge in [-0.05, 0) is 103 Å². The molecule has 0 saturated carbocycles. The highest BCUT2D eigenvalue weighted by molar-refractivity contribution is 7.45. The van der Waals surface area contributed by atoms with Gasteiger partial charge >= 0.3 is 11.9 Å². The summed E-state index contributed by atoms with van der Waals surface area (Å²) in [6.45, 7) is 3.93. The Kier molecular flexibility index (Phi) is 45.9. The van der Waals surface area contributed by atoms with Crippen molar-refractivity contribution >= 4 is 19.8 Å². The number of nitrogens with zero attached hydrogens (tertiary/aromatic N) is 1. The van der Waals surface area contributed by atoms with Crippen LogP contribution in [0.25, 0.3) is 0 Å². The van der Waals surface area contributed by atoms with Gasteiger partial charge in [0, 0.05) is 12.8 Å². The Morgan fingerprint density at radius 3 is 1.19 bits per heavy atom. The highest BCUT2D eigenvalue weighted by Gasteiger charge is 2.21. The van der Waals surface area contributed by atoms with Crippen molar-refractivity contribution in [2.45, 2.75) is 187 Å². The number of quaternary nitrogens is 1. The van der Waals surface area contributed by atoms with Crippen molar-refractivity contribution in [3.8, 4) is 0 Å². The van der Waals surface area contributed by atoms with Crippen molar-refractivity contribution in [3.63, 3.8) is 0 Å². The summed E-state index contributed by atoms with van der Waals surface area (Å²) < 4.78 is 34.0. The van der Waals surface area contributed by atoms with Crippen molar-refractivity contribution in [3.05, 3.63) is 122 Å². The third kappa shape index (κ3) is 51.8. The molecule has 0 aromatic carbocycles. The van der Waals surface area contributed by atoms with Crippen LogP contribution in [-0.2, 0) is 32.7 Å². The molecule has 0 radical (unpaired) electrons. The Balaban J connectivity index is 4.22. The monoisotopic (exact) mass is 966 g/mol. The van der Waals surface area contributed by atoms with Crippen molar-refractivity contribution in [1.82, 2.24) is 0 Å². The third-order valence-electron chi connectivity index (χ3n) is 10.5. The van der Waals surface area contributed by atoms with E-state index < -0.39 is 32.5 Å². The molecule has 68 heavy (non-hydrogen) atoms. The van der Waals surface area contributed by atoms with Gasteiger partial charge in [0.15, 0.2) is 6.10 Å². The number of likely N-dealkylation sites (N-methyl/N-ethyl adjacent to an activating group) is 1. The topological polar surface area (TPSA) is 111 Å². The number of phosphoric ester groups is 1. The first-order chi connectivity index (χ1) is 33.0. The molecule has 0 amide bonds. The average molecular weight is 966 g/mol. The molecule has 0 aliphatic carbocycles. The number of hydrogen-bond acceptors (Lipinski definition) is 8. The van der Waals surface area contributed by atoms with Gasteiger partial charge in [0.2, 0.25) is 0 Å². The van der Waals surface area contributed by atoms with Crippen LogP contribution in [0.5, 0.6) is 0 Å². The van der Waals surface area contributed by atoms with E-state index in [0.29, 0.717) is 23.9 Å². The van der Waals surface area contributed by atoms with Crippen molar-refractivity contribution in [1.29, 1.82) is 0 Å². The van der Waals surface area contributed by atoms with Gasteiger partial charge in [-0.2, -0.15) is 0 Å². The van der Waals surface area contributed by atoms with E-state index in [0.717, 1.165) is 109 Å². The lowest BCUT2D eigenvalue weighted by atomic mass is 10.1. The summed E-state index contributed by atoms with van der Waals surface area (Å²) in [7, 11) is 1.12. The molecule has 0 aromatic rings. The van der Waals surface area contributed by atoms with Crippen LogP contribution in [0.2, 0.25) is 0 Å². The SMILES string of the molecule is CC/C=C\C/C=C\C/C=C\C/C=C\C/C=C\C/C=C\C/C=C\CCCCCCCCCCCC(=O)OC(COC(=O)CCCCC/C=C\C/C=C\C/C=C\CC)COP(=O)([O-])OCC[N+](C)(C)C. The molecule has 2 atom stereocenters. The second kappa shape index (κ2) is 48.4. The van der Waals surface area contributed by atoms with Gasteiger partial charge in [0.05, 0.1) is 27.7 Å². The van der Waals surface area contributed by atoms with E-state index in [1.807, 2.05) is 21.1 Å². The lowest BCUT2D eigenvalue weighted by Gasteiger charge is -2.28.